The third-order valence-corrected chi connectivity index (χ3v) is 5.31. The number of nitrogens with two attached hydrogens (primary N) is 1. The van der Waals surface area contributed by atoms with Gasteiger partial charge in [-0.2, -0.15) is 4.31 Å². The van der Waals surface area contributed by atoms with E-state index in [9.17, 15) is 13.2 Å². The first-order valence-electron chi connectivity index (χ1n) is 6.10. The van der Waals surface area contributed by atoms with Crippen LogP contribution in [-0.2, 0) is 24.3 Å². The van der Waals surface area contributed by atoms with Crippen molar-refractivity contribution in [2.24, 2.45) is 0 Å². The first-order chi connectivity index (χ1) is 9.87. The molecule has 1 unspecified atom stereocenters. The highest BCUT2D eigenvalue weighted by Gasteiger charge is 2.39. The molecule has 1 aromatic rings. The topological polar surface area (TPSA) is 98.9 Å². The minimum Gasteiger partial charge on any atom is -0.468 e. The van der Waals surface area contributed by atoms with Crippen molar-refractivity contribution in [3.8, 4) is 0 Å². The van der Waals surface area contributed by atoms with E-state index in [1.807, 2.05) is 0 Å². The third-order valence-electron chi connectivity index (χ3n) is 3.11. The fourth-order valence-electron chi connectivity index (χ4n) is 2.06. The molecule has 2 rings (SSSR count). The Balaban J connectivity index is 2.45. The summed E-state index contributed by atoms with van der Waals surface area (Å²) in [5.41, 5.74) is 5.79. The quantitative estimate of drug-likeness (QED) is 0.638. The van der Waals surface area contributed by atoms with E-state index in [-0.39, 0.29) is 35.4 Å². The average Bonchev–Trinajstić information content (AvgIpc) is 2.48. The van der Waals surface area contributed by atoms with Crippen LogP contribution < -0.4 is 5.73 Å². The first kappa shape index (κ1) is 16.0. The number of benzene rings is 1. The Labute approximate surface area is 127 Å². The van der Waals surface area contributed by atoms with Crippen molar-refractivity contribution < 1.29 is 22.7 Å². The number of ether oxygens (including phenoxy) is 2. The van der Waals surface area contributed by atoms with Crippen LogP contribution in [0.25, 0.3) is 0 Å². The van der Waals surface area contributed by atoms with Crippen LogP contribution in [-0.4, -0.2) is 51.6 Å². The van der Waals surface area contributed by atoms with Gasteiger partial charge in [0.15, 0.2) is 0 Å². The van der Waals surface area contributed by atoms with E-state index in [1.165, 1.54) is 25.3 Å². The summed E-state index contributed by atoms with van der Waals surface area (Å²) < 4.78 is 36.2. The number of hydrogen-bond acceptors (Lipinski definition) is 6. The molecule has 0 amide bonds. The number of nitrogens with zero attached hydrogens (tertiary/aromatic N) is 1. The molecule has 0 aromatic heterocycles. The van der Waals surface area contributed by atoms with Gasteiger partial charge in [-0.25, -0.2) is 8.42 Å². The van der Waals surface area contributed by atoms with Gasteiger partial charge in [-0.1, -0.05) is 11.6 Å². The van der Waals surface area contributed by atoms with E-state index in [4.69, 9.17) is 22.1 Å². The molecule has 0 bridgehead atoms. The van der Waals surface area contributed by atoms with Crippen LogP contribution in [0.4, 0.5) is 5.69 Å². The second-order valence-corrected chi connectivity index (χ2v) is 6.71. The molecule has 2 N–H and O–H groups in total. The van der Waals surface area contributed by atoms with Crippen LogP contribution in [0.15, 0.2) is 23.1 Å². The molecule has 1 atom stereocenters. The number of esters is 1. The summed E-state index contributed by atoms with van der Waals surface area (Å²) in [4.78, 5) is 11.6. The monoisotopic (exact) mass is 334 g/mol. The van der Waals surface area contributed by atoms with Crippen LogP contribution >= 0.6 is 11.6 Å². The zero-order chi connectivity index (χ0) is 15.6. The number of sulfonamides is 1. The standard InChI is InChI=1S/C12H15ClN2O5S/c1-19-12(16)10-7-20-5-4-15(10)21(17,18)11-6-8(13)2-3-9(11)14/h2-3,6,10H,4-5,7,14H2,1H3. The summed E-state index contributed by atoms with van der Waals surface area (Å²) in [6.07, 6.45) is 0. The van der Waals surface area contributed by atoms with Gasteiger partial charge in [-0.3, -0.25) is 4.79 Å². The van der Waals surface area contributed by atoms with Gasteiger partial charge in [0.05, 0.1) is 26.0 Å². The smallest absolute Gasteiger partial charge is 0.326 e. The maximum absolute atomic E-state index is 12.7. The predicted octanol–water partition coefficient (Wildman–Crippen LogP) is 0.485. The lowest BCUT2D eigenvalue weighted by molar-refractivity contribution is -0.149. The Morgan fingerprint density at radius 1 is 1.52 bits per heavy atom. The fourth-order valence-corrected chi connectivity index (χ4v) is 3.98. The zero-order valence-electron chi connectivity index (χ0n) is 11.3. The van der Waals surface area contributed by atoms with Crippen molar-refractivity contribution >= 4 is 33.3 Å². The molecule has 9 heteroatoms. The number of hydrogen-bond donors (Lipinski definition) is 1. The van der Waals surface area contributed by atoms with Crippen molar-refractivity contribution in [3.05, 3.63) is 23.2 Å². The Hall–Kier alpha value is -1.35. The maximum atomic E-state index is 12.7. The zero-order valence-corrected chi connectivity index (χ0v) is 12.9. The van der Waals surface area contributed by atoms with Crippen LogP contribution in [0.5, 0.6) is 0 Å². The van der Waals surface area contributed by atoms with Gasteiger partial charge in [-0.05, 0) is 18.2 Å². The van der Waals surface area contributed by atoms with E-state index >= 15 is 0 Å². The van der Waals surface area contributed by atoms with Gasteiger partial charge in [0, 0.05) is 11.6 Å². The number of halogens is 1. The number of carbonyl (C=O) groups is 1. The first-order valence-corrected chi connectivity index (χ1v) is 7.92. The number of nitrogen functional groups attached to an aromatic ring is 1. The molecule has 0 spiro atoms. The van der Waals surface area contributed by atoms with E-state index < -0.39 is 22.0 Å². The highest BCUT2D eigenvalue weighted by Crippen LogP contribution is 2.28. The van der Waals surface area contributed by atoms with Crippen LogP contribution in [0.1, 0.15) is 0 Å². The molecule has 7 nitrogen and oxygen atoms in total. The van der Waals surface area contributed by atoms with Crippen molar-refractivity contribution in [2.75, 3.05) is 32.6 Å². The van der Waals surface area contributed by atoms with Crippen molar-refractivity contribution in [2.45, 2.75) is 10.9 Å². The fraction of sp³-hybridized carbons (Fsp3) is 0.417. The largest absolute Gasteiger partial charge is 0.468 e. The highest BCUT2D eigenvalue weighted by molar-refractivity contribution is 7.89. The van der Waals surface area contributed by atoms with Crippen molar-refractivity contribution in [1.82, 2.24) is 4.31 Å². The molecule has 1 fully saturated rings. The molecule has 1 saturated heterocycles. The van der Waals surface area contributed by atoms with Crippen LogP contribution in [0.3, 0.4) is 0 Å². The van der Waals surface area contributed by atoms with Gasteiger partial charge in [0.2, 0.25) is 10.0 Å². The molecule has 0 aliphatic carbocycles. The van der Waals surface area contributed by atoms with Crippen molar-refractivity contribution in [1.29, 1.82) is 0 Å². The number of anilines is 1. The van der Waals surface area contributed by atoms with E-state index in [0.29, 0.717) is 0 Å². The Morgan fingerprint density at radius 2 is 2.24 bits per heavy atom. The number of morpholine rings is 1. The van der Waals surface area contributed by atoms with Gasteiger partial charge >= 0.3 is 5.97 Å². The molecule has 1 aromatic carbocycles. The van der Waals surface area contributed by atoms with E-state index in [0.717, 1.165) is 4.31 Å². The number of methoxy groups -OCH3 is 1. The summed E-state index contributed by atoms with van der Waals surface area (Å²) in [6, 6.07) is 3.12. The van der Waals surface area contributed by atoms with Gasteiger partial charge < -0.3 is 15.2 Å². The average molecular weight is 335 g/mol. The summed E-state index contributed by atoms with van der Waals surface area (Å²) in [7, 11) is -2.79. The summed E-state index contributed by atoms with van der Waals surface area (Å²) in [5, 5.41) is 0.241. The Kier molecular flexibility index (Phi) is 4.72. The normalized spacial score (nSPS) is 20.2. The second kappa shape index (κ2) is 6.18. The summed E-state index contributed by atoms with van der Waals surface area (Å²) >= 11 is 5.83. The van der Waals surface area contributed by atoms with Crippen LogP contribution in [0, 0.1) is 0 Å². The minimum absolute atomic E-state index is 0.0358. The molecule has 1 heterocycles. The van der Waals surface area contributed by atoms with Gasteiger partial charge in [0.25, 0.3) is 0 Å². The molecular weight excluding hydrogens is 320 g/mol. The lowest BCUT2D eigenvalue weighted by Gasteiger charge is -2.32. The highest BCUT2D eigenvalue weighted by atomic mass is 35.5. The molecule has 1 aliphatic heterocycles. The predicted molar refractivity (Wildman–Crippen MR) is 76.4 cm³/mol. The van der Waals surface area contributed by atoms with Crippen molar-refractivity contribution in [3.63, 3.8) is 0 Å². The van der Waals surface area contributed by atoms with Gasteiger partial charge in [0.1, 0.15) is 10.9 Å². The lowest BCUT2D eigenvalue weighted by Crippen LogP contribution is -2.52. The van der Waals surface area contributed by atoms with E-state index in [1.54, 1.807) is 0 Å². The Bertz CT molecular complexity index is 649. The maximum Gasteiger partial charge on any atom is 0.326 e. The SMILES string of the molecule is COC(=O)C1COCCN1S(=O)(=O)c1cc(Cl)ccc1N. The lowest BCUT2D eigenvalue weighted by atomic mass is 10.3. The molecule has 116 valence electrons. The molecule has 0 radical (unpaired) electrons. The summed E-state index contributed by atoms with van der Waals surface area (Å²) in [5.74, 6) is -0.682. The Morgan fingerprint density at radius 3 is 2.90 bits per heavy atom. The second-order valence-electron chi connectivity index (χ2n) is 4.41. The summed E-state index contributed by atoms with van der Waals surface area (Å²) in [6.45, 7) is 0.160. The van der Waals surface area contributed by atoms with Crippen LogP contribution in [0.2, 0.25) is 5.02 Å². The number of carbonyl (C=O) groups excluding carboxylic acids is 1. The van der Waals surface area contributed by atoms with E-state index in [2.05, 4.69) is 4.74 Å². The molecular formula is C12H15ClN2O5S. The van der Waals surface area contributed by atoms with Gasteiger partial charge in [-0.15, -0.1) is 0 Å². The molecule has 0 saturated carbocycles. The molecule has 21 heavy (non-hydrogen) atoms. The minimum atomic E-state index is -3.98. The third kappa shape index (κ3) is 3.13. The molecule has 1 aliphatic rings. The number of rotatable bonds is 3.